The van der Waals surface area contributed by atoms with E-state index in [-0.39, 0.29) is 0 Å². The van der Waals surface area contributed by atoms with Gasteiger partial charge in [0.05, 0.1) is 22.8 Å². The fourth-order valence-corrected chi connectivity index (χ4v) is 3.15. The first-order chi connectivity index (χ1) is 11.8. The molecule has 2 heterocycles. The molecule has 0 aliphatic rings. The van der Waals surface area contributed by atoms with E-state index < -0.39 is 9.84 Å². The number of benzene rings is 1. The summed E-state index contributed by atoms with van der Waals surface area (Å²) in [5.74, 6) is 0.757. The molecule has 0 spiro atoms. The zero-order chi connectivity index (χ0) is 18.0. The number of nitrogens with one attached hydrogen (secondary N) is 1. The summed E-state index contributed by atoms with van der Waals surface area (Å²) in [6.45, 7) is 2.59. The van der Waals surface area contributed by atoms with Gasteiger partial charge in [-0.05, 0) is 42.8 Å². The maximum absolute atomic E-state index is 11.6. The lowest BCUT2D eigenvalue weighted by Gasteiger charge is -2.09. The van der Waals surface area contributed by atoms with Crippen LogP contribution in [0.15, 0.2) is 53.6 Å². The highest BCUT2D eigenvalue weighted by Gasteiger charge is 2.09. The van der Waals surface area contributed by atoms with Crippen molar-refractivity contribution in [2.45, 2.75) is 18.4 Å². The van der Waals surface area contributed by atoms with Gasteiger partial charge in [-0.15, -0.1) is 0 Å². The third-order valence-electron chi connectivity index (χ3n) is 3.77. The molecule has 1 aromatic carbocycles. The molecule has 0 bridgehead atoms. The zero-order valence-electron chi connectivity index (χ0n) is 14.4. The van der Waals surface area contributed by atoms with Crippen LogP contribution in [0.2, 0.25) is 0 Å². The van der Waals surface area contributed by atoms with Crippen molar-refractivity contribution in [1.82, 2.24) is 14.8 Å². The van der Waals surface area contributed by atoms with Gasteiger partial charge in [-0.1, -0.05) is 12.1 Å². The second-order valence-corrected chi connectivity index (χ2v) is 8.06. The number of aryl methyl sites for hydroxylation is 2. The Morgan fingerprint density at radius 3 is 2.44 bits per heavy atom. The third kappa shape index (κ3) is 4.24. The Morgan fingerprint density at radius 1 is 1.12 bits per heavy atom. The second-order valence-electron chi connectivity index (χ2n) is 6.05. The summed E-state index contributed by atoms with van der Waals surface area (Å²) in [7, 11) is -1.32. The summed E-state index contributed by atoms with van der Waals surface area (Å²) >= 11 is 0. The lowest BCUT2D eigenvalue weighted by Crippen LogP contribution is -2.04. The molecule has 0 amide bonds. The molecule has 0 saturated heterocycles. The molecule has 25 heavy (non-hydrogen) atoms. The average molecular weight is 356 g/mol. The molecule has 0 radical (unpaired) electrons. The van der Waals surface area contributed by atoms with Gasteiger partial charge in [-0.2, -0.15) is 5.10 Å². The van der Waals surface area contributed by atoms with Crippen molar-refractivity contribution >= 4 is 15.7 Å². The van der Waals surface area contributed by atoms with Crippen LogP contribution in [0.3, 0.4) is 0 Å². The molecule has 0 unspecified atom stereocenters. The topological polar surface area (TPSA) is 76.9 Å². The molecule has 7 heteroatoms. The van der Waals surface area contributed by atoms with Gasteiger partial charge in [-0.25, -0.2) is 13.4 Å². The van der Waals surface area contributed by atoms with Crippen LogP contribution >= 0.6 is 0 Å². The van der Waals surface area contributed by atoms with Crippen molar-refractivity contribution in [1.29, 1.82) is 0 Å². The van der Waals surface area contributed by atoms with Crippen molar-refractivity contribution in [3.8, 4) is 11.3 Å². The number of hydrogen-bond acceptors (Lipinski definition) is 5. The molecule has 2 aromatic heterocycles. The van der Waals surface area contributed by atoms with Gasteiger partial charge in [0.15, 0.2) is 9.84 Å². The van der Waals surface area contributed by atoms with Crippen LogP contribution in [0.25, 0.3) is 11.3 Å². The molecule has 130 valence electrons. The van der Waals surface area contributed by atoms with E-state index in [9.17, 15) is 8.42 Å². The van der Waals surface area contributed by atoms with E-state index in [1.807, 2.05) is 38.4 Å². The van der Waals surface area contributed by atoms with Crippen molar-refractivity contribution in [3.05, 3.63) is 59.9 Å². The average Bonchev–Trinajstić information content (AvgIpc) is 2.97. The van der Waals surface area contributed by atoms with Crippen molar-refractivity contribution < 1.29 is 8.42 Å². The highest BCUT2D eigenvalue weighted by molar-refractivity contribution is 7.90. The lowest BCUT2D eigenvalue weighted by molar-refractivity contribution is 0.602. The van der Waals surface area contributed by atoms with E-state index >= 15 is 0 Å². The first-order valence-corrected chi connectivity index (χ1v) is 9.72. The highest BCUT2D eigenvalue weighted by atomic mass is 32.2. The van der Waals surface area contributed by atoms with Crippen molar-refractivity contribution in [2.24, 2.45) is 7.05 Å². The summed E-state index contributed by atoms with van der Waals surface area (Å²) in [6, 6.07) is 12.7. The van der Waals surface area contributed by atoms with Crippen LogP contribution in [0.4, 0.5) is 5.82 Å². The van der Waals surface area contributed by atoms with Gasteiger partial charge < -0.3 is 5.32 Å². The number of pyridine rings is 1. The monoisotopic (exact) mass is 356 g/mol. The summed E-state index contributed by atoms with van der Waals surface area (Å²) in [5, 5.41) is 7.61. The summed E-state index contributed by atoms with van der Waals surface area (Å²) in [6.07, 6.45) is 3.10. The first kappa shape index (κ1) is 17.2. The number of anilines is 1. The molecule has 0 atom stereocenters. The molecule has 1 N–H and O–H groups in total. The standard InChI is InChI=1S/C18H20N4O2S/c1-13-10-17(14-4-6-16(7-5-14)25(3,23)24)20-18(11-13)19-12-15-8-9-22(2)21-15/h4-11H,12H2,1-3H3,(H,19,20). The van der Waals surface area contributed by atoms with Crippen LogP contribution in [-0.2, 0) is 23.4 Å². The Balaban J connectivity index is 1.83. The highest BCUT2D eigenvalue weighted by Crippen LogP contribution is 2.23. The molecule has 6 nitrogen and oxygen atoms in total. The van der Waals surface area contributed by atoms with Gasteiger partial charge >= 0.3 is 0 Å². The van der Waals surface area contributed by atoms with Gasteiger partial charge in [0.1, 0.15) is 5.82 Å². The van der Waals surface area contributed by atoms with Gasteiger partial charge in [0.25, 0.3) is 0 Å². The minimum Gasteiger partial charge on any atom is -0.364 e. The van der Waals surface area contributed by atoms with Gasteiger partial charge in [0.2, 0.25) is 0 Å². The van der Waals surface area contributed by atoms with Gasteiger partial charge in [-0.3, -0.25) is 4.68 Å². The molecule has 0 aliphatic heterocycles. The molecular weight excluding hydrogens is 336 g/mol. The van der Waals surface area contributed by atoms with Crippen LogP contribution < -0.4 is 5.32 Å². The van der Waals surface area contributed by atoms with E-state index in [4.69, 9.17) is 0 Å². The lowest BCUT2D eigenvalue weighted by atomic mass is 10.1. The molecule has 3 aromatic rings. The van der Waals surface area contributed by atoms with E-state index in [0.29, 0.717) is 11.4 Å². The minimum atomic E-state index is -3.20. The van der Waals surface area contributed by atoms with E-state index in [1.54, 1.807) is 28.9 Å². The molecular formula is C18H20N4O2S. The van der Waals surface area contributed by atoms with Crippen LogP contribution in [0.5, 0.6) is 0 Å². The predicted octanol–water partition coefficient (Wildman–Crippen LogP) is 2.81. The minimum absolute atomic E-state index is 0.303. The van der Waals surface area contributed by atoms with E-state index in [0.717, 1.165) is 28.3 Å². The largest absolute Gasteiger partial charge is 0.364 e. The van der Waals surface area contributed by atoms with Crippen LogP contribution in [-0.4, -0.2) is 29.4 Å². The van der Waals surface area contributed by atoms with Crippen molar-refractivity contribution in [3.63, 3.8) is 0 Å². The number of nitrogens with zero attached hydrogens (tertiary/aromatic N) is 3. The fourth-order valence-electron chi connectivity index (χ4n) is 2.52. The maximum Gasteiger partial charge on any atom is 0.175 e. The van der Waals surface area contributed by atoms with Crippen LogP contribution in [0.1, 0.15) is 11.3 Å². The predicted molar refractivity (Wildman–Crippen MR) is 98.1 cm³/mol. The quantitative estimate of drug-likeness (QED) is 0.761. The number of sulfone groups is 1. The summed E-state index contributed by atoms with van der Waals surface area (Å²) in [5.41, 5.74) is 3.67. The number of hydrogen-bond donors (Lipinski definition) is 1. The Bertz CT molecular complexity index is 992. The van der Waals surface area contributed by atoms with E-state index in [1.165, 1.54) is 6.26 Å². The maximum atomic E-state index is 11.6. The molecule has 3 rings (SSSR count). The van der Waals surface area contributed by atoms with E-state index in [2.05, 4.69) is 15.4 Å². The smallest absolute Gasteiger partial charge is 0.175 e. The molecule has 0 fully saturated rings. The normalized spacial score (nSPS) is 11.5. The number of aromatic nitrogens is 3. The Hall–Kier alpha value is -2.67. The zero-order valence-corrected chi connectivity index (χ0v) is 15.2. The van der Waals surface area contributed by atoms with Gasteiger partial charge in [0, 0.05) is 25.1 Å². The fraction of sp³-hybridized carbons (Fsp3) is 0.222. The SMILES string of the molecule is Cc1cc(NCc2ccn(C)n2)nc(-c2ccc(S(C)(=O)=O)cc2)c1. The Morgan fingerprint density at radius 2 is 1.84 bits per heavy atom. The van der Waals surface area contributed by atoms with Crippen LogP contribution in [0, 0.1) is 6.92 Å². The molecule has 0 aliphatic carbocycles. The number of rotatable bonds is 5. The summed E-state index contributed by atoms with van der Waals surface area (Å²) < 4.78 is 24.9. The summed E-state index contributed by atoms with van der Waals surface area (Å²) in [4.78, 5) is 4.93. The first-order valence-electron chi connectivity index (χ1n) is 7.83. The Kier molecular flexibility index (Phi) is 4.59. The van der Waals surface area contributed by atoms with Crippen molar-refractivity contribution in [2.75, 3.05) is 11.6 Å². The molecule has 0 saturated carbocycles. The second kappa shape index (κ2) is 6.68. The third-order valence-corrected chi connectivity index (χ3v) is 4.90. The Labute approximate surface area is 147 Å².